The molecule has 0 bridgehead atoms. The van der Waals surface area contributed by atoms with Crippen molar-refractivity contribution in [1.29, 1.82) is 0 Å². The van der Waals surface area contributed by atoms with Crippen molar-refractivity contribution >= 4 is 0 Å². The molecule has 0 radical (unpaired) electrons. The number of hydrogen-bond donors (Lipinski definition) is 1. The fourth-order valence-corrected chi connectivity index (χ4v) is 2.97. The van der Waals surface area contributed by atoms with E-state index in [1.165, 1.54) is 37.8 Å². The first-order chi connectivity index (χ1) is 10.2. The van der Waals surface area contributed by atoms with Gasteiger partial charge in [0.15, 0.2) is 0 Å². The normalized spacial score (nSPS) is 17.2. The molecule has 1 atom stereocenters. The van der Waals surface area contributed by atoms with Gasteiger partial charge in [-0.25, -0.2) is 4.39 Å². The van der Waals surface area contributed by atoms with Gasteiger partial charge >= 0.3 is 0 Å². The predicted octanol–water partition coefficient (Wildman–Crippen LogP) is 3.99. The molecular formula is C17H22FN3. The highest BCUT2D eigenvalue weighted by molar-refractivity contribution is 5.19. The highest BCUT2D eigenvalue weighted by Crippen LogP contribution is 2.28. The SMILES string of the molecule is C[C@H](NCc1ccn(C2CCCC2)n1)c1ccc(F)cc1. The summed E-state index contributed by atoms with van der Waals surface area (Å²) in [7, 11) is 0. The van der Waals surface area contributed by atoms with Crippen LogP contribution in [0.4, 0.5) is 4.39 Å². The fourth-order valence-electron chi connectivity index (χ4n) is 2.97. The minimum absolute atomic E-state index is 0.183. The zero-order chi connectivity index (χ0) is 14.7. The van der Waals surface area contributed by atoms with Gasteiger partial charge in [-0.15, -0.1) is 0 Å². The van der Waals surface area contributed by atoms with Crippen molar-refractivity contribution in [3.05, 3.63) is 53.6 Å². The van der Waals surface area contributed by atoms with E-state index in [1.54, 1.807) is 0 Å². The first-order valence-electron chi connectivity index (χ1n) is 7.75. The maximum Gasteiger partial charge on any atom is 0.123 e. The van der Waals surface area contributed by atoms with Gasteiger partial charge in [0.2, 0.25) is 0 Å². The standard InChI is InChI=1S/C17H22FN3/c1-13(14-6-8-15(18)9-7-14)19-12-16-10-11-21(20-16)17-4-2-3-5-17/h6-11,13,17,19H,2-5,12H2,1H3/t13-/m0/s1. The lowest BCUT2D eigenvalue weighted by atomic mass is 10.1. The largest absolute Gasteiger partial charge is 0.304 e. The van der Waals surface area contributed by atoms with Crippen molar-refractivity contribution in [1.82, 2.24) is 15.1 Å². The van der Waals surface area contributed by atoms with E-state index >= 15 is 0 Å². The number of hydrogen-bond acceptors (Lipinski definition) is 2. The van der Waals surface area contributed by atoms with Crippen LogP contribution in [0.25, 0.3) is 0 Å². The van der Waals surface area contributed by atoms with Crippen LogP contribution >= 0.6 is 0 Å². The topological polar surface area (TPSA) is 29.9 Å². The Hall–Kier alpha value is -1.68. The molecule has 1 aliphatic rings. The van der Waals surface area contributed by atoms with Gasteiger partial charge < -0.3 is 5.32 Å². The van der Waals surface area contributed by atoms with Crippen LogP contribution < -0.4 is 5.32 Å². The molecular weight excluding hydrogens is 265 g/mol. The van der Waals surface area contributed by atoms with E-state index in [2.05, 4.69) is 34.3 Å². The van der Waals surface area contributed by atoms with Crippen molar-refractivity contribution in [2.45, 2.75) is 51.2 Å². The van der Waals surface area contributed by atoms with Crippen molar-refractivity contribution < 1.29 is 4.39 Å². The van der Waals surface area contributed by atoms with E-state index in [4.69, 9.17) is 0 Å². The second-order valence-electron chi connectivity index (χ2n) is 5.88. The van der Waals surface area contributed by atoms with Crippen molar-refractivity contribution in [3.8, 4) is 0 Å². The molecule has 0 aliphatic heterocycles. The summed E-state index contributed by atoms with van der Waals surface area (Å²) in [6, 6.07) is 9.51. The minimum atomic E-state index is -0.193. The highest BCUT2D eigenvalue weighted by atomic mass is 19.1. The molecule has 1 fully saturated rings. The number of benzene rings is 1. The second-order valence-corrected chi connectivity index (χ2v) is 5.88. The first kappa shape index (κ1) is 14.3. The van der Waals surface area contributed by atoms with E-state index in [9.17, 15) is 4.39 Å². The average Bonchev–Trinajstić information content (AvgIpc) is 3.16. The molecule has 1 saturated carbocycles. The first-order valence-corrected chi connectivity index (χ1v) is 7.75. The Bertz CT molecular complexity index is 570. The minimum Gasteiger partial charge on any atom is -0.304 e. The van der Waals surface area contributed by atoms with Gasteiger partial charge in [0.25, 0.3) is 0 Å². The summed E-state index contributed by atoms with van der Waals surface area (Å²) in [5.41, 5.74) is 2.16. The summed E-state index contributed by atoms with van der Waals surface area (Å²) in [6.07, 6.45) is 7.23. The van der Waals surface area contributed by atoms with Crippen LogP contribution in [0.15, 0.2) is 36.5 Å². The summed E-state index contributed by atoms with van der Waals surface area (Å²) in [5.74, 6) is -0.193. The summed E-state index contributed by atoms with van der Waals surface area (Å²) in [5, 5.41) is 8.11. The van der Waals surface area contributed by atoms with Crippen LogP contribution in [0.2, 0.25) is 0 Å². The molecule has 112 valence electrons. The van der Waals surface area contributed by atoms with E-state index in [0.29, 0.717) is 6.04 Å². The lowest BCUT2D eigenvalue weighted by Crippen LogP contribution is -2.18. The lowest BCUT2D eigenvalue weighted by molar-refractivity contribution is 0.458. The number of rotatable bonds is 5. The van der Waals surface area contributed by atoms with Gasteiger partial charge in [0, 0.05) is 18.8 Å². The van der Waals surface area contributed by atoms with Crippen LogP contribution in [0.5, 0.6) is 0 Å². The Labute approximate surface area is 125 Å². The number of aromatic nitrogens is 2. The molecule has 0 spiro atoms. The summed E-state index contributed by atoms with van der Waals surface area (Å²) >= 11 is 0. The summed E-state index contributed by atoms with van der Waals surface area (Å²) in [6.45, 7) is 2.82. The van der Waals surface area contributed by atoms with Gasteiger partial charge in [0.1, 0.15) is 5.82 Å². The third kappa shape index (κ3) is 3.50. The summed E-state index contributed by atoms with van der Waals surface area (Å²) < 4.78 is 15.0. The van der Waals surface area contributed by atoms with Gasteiger partial charge in [-0.05, 0) is 43.5 Å². The molecule has 3 rings (SSSR count). The predicted molar refractivity (Wildman–Crippen MR) is 81.4 cm³/mol. The Morgan fingerprint density at radius 1 is 1.24 bits per heavy atom. The van der Waals surface area contributed by atoms with E-state index in [0.717, 1.165) is 17.8 Å². The number of nitrogens with zero attached hydrogens (tertiary/aromatic N) is 2. The molecule has 21 heavy (non-hydrogen) atoms. The van der Waals surface area contributed by atoms with Crippen LogP contribution in [0.1, 0.15) is 55.9 Å². The van der Waals surface area contributed by atoms with Gasteiger partial charge in [-0.2, -0.15) is 5.10 Å². The lowest BCUT2D eigenvalue weighted by Gasteiger charge is -2.13. The van der Waals surface area contributed by atoms with Crippen molar-refractivity contribution in [2.24, 2.45) is 0 Å². The molecule has 2 aromatic rings. The zero-order valence-electron chi connectivity index (χ0n) is 12.4. The van der Waals surface area contributed by atoms with Gasteiger partial charge in [-0.3, -0.25) is 4.68 Å². The molecule has 1 aliphatic carbocycles. The number of halogens is 1. The molecule has 0 unspecified atom stereocenters. The van der Waals surface area contributed by atoms with Crippen LogP contribution in [0, 0.1) is 5.82 Å². The quantitative estimate of drug-likeness (QED) is 0.901. The molecule has 1 heterocycles. The molecule has 0 saturated heterocycles. The Kier molecular flexibility index (Phi) is 4.34. The molecule has 1 aromatic heterocycles. The third-order valence-corrected chi connectivity index (χ3v) is 4.32. The smallest absolute Gasteiger partial charge is 0.123 e. The van der Waals surface area contributed by atoms with Crippen molar-refractivity contribution in [3.63, 3.8) is 0 Å². The number of nitrogens with one attached hydrogen (secondary N) is 1. The van der Waals surface area contributed by atoms with Crippen LogP contribution in [0.3, 0.4) is 0 Å². The third-order valence-electron chi connectivity index (χ3n) is 4.32. The summed E-state index contributed by atoms with van der Waals surface area (Å²) in [4.78, 5) is 0. The van der Waals surface area contributed by atoms with Gasteiger partial charge in [0.05, 0.1) is 11.7 Å². The monoisotopic (exact) mass is 287 g/mol. The molecule has 1 aromatic carbocycles. The highest BCUT2D eigenvalue weighted by Gasteiger charge is 2.17. The Balaban J connectivity index is 1.56. The average molecular weight is 287 g/mol. The van der Waals surface area contributed by atoms with Crippen molar-refractivity contribution in [2.75, 3.05) is 0 Å². The zero-order valence-corrected chi connectivity index (χ0v) is 12.4. The van der Waals surface area contributed by atoms with E-state index < -0.39 is 0 Å². The second kappa shape index (κ2) is 6.39. The van der Waals surface area contributed by atoms with E-state index in [1.807, 2.05) is 12.1 Å². The molecule has 3 nitrogen and oxygen atoms in total. The maximum atomic E-state index is 12.9. The maximum absolute atomic E-state index is 12.9. The fraction of sp³-hybridized carbons (Fsp3) is 0.471. The van der Waals surface area contributed by atoms with Crippen LogP contribution in [-0.2, 0) is 6.54 Å². The molecule has 4 heteroatoms. The van der Waals surface area contributed by atoms with E-state index in [-0.39, 0.29) is 11.9 Å². The van der Waals surface area contributed by atoms with Gasteiger partial charge in [-0.1, -0.05) is 25.0 Å². The molecule has 0 amide bonds. The van der Waals surface area contributed by atoms with Crippen LogP contribution in [-0.4, -0.2) is 9.78 Å². The molecule has 1 N–H and O–H groups in total. The Morgan fingerprint density at radius 2 is 1.95 bits per heavy atom. The Morgan fingerprint density at radius 3 is 2.67 bits per heavy atom.